The summed E-state index contributed by atoms with van der Waals surface area (Å²) in [6, 6.07) is 0. The minimum atomic E-state index is 0.988. The maximum atomic E-state index is 3.99. The molecular formula is C9H16. The van der Waals surface area contributed by atoms with Gasteiger partial charge in [0.2, 0.25) is 0 Å². The summed E-state index contributed by atoms with van der Waals surface area (Å²) >= 11 is 0. The minimum absolute atomic E-state index is 0.988. The van der Waals surface area contributed by atoms with Crippen molar-refractivity contribution in [2.45, 2.75) is 39.0 Å². The lowest BCUT2D eigenvalue weighted by molar-refractivity contribution is 0.503. The van der Waals surface area contributed by atoms with Gasteiger partial charge in [0.05, 0.1) is 0 Å². The van der Waals surface area contributed by atoms with Gasteiger partial charge in [-0.15, -0.1) is 0 Å². The molecule has 9 heavy (non-hydrogen) atoms. The Kier molecular flexibility index (Phi) is 2.32. The average molecular weight is 124 g/mol. The van der Waals surface area contributed by atoms with Gasteiger partial charge in [0.15, 0.2) is 0 Å². The summed E-state index contributed by atoms with van der Waals surface area (Å²) < 4.78 is 0. The van der Waals surface area contributed by atoms with E-state index in [0.29, 0.717) is 0 Å². The average Bonchev–Trinajstić information content (AvgIpc) is 2.17. The van der Waals surface area contributed by atoms with Crippen LogP contribution in [0.3, 0.4) is 0 Å². The van der Waals surface area contributed by atoms with Crippen LogP contribution in [0.1, 0.15) is 39.0 Å². The molecule has 0 aromatic rings. The van der Waals surface area contributed by atoms with E-state index in [1.165, 1.54) is 37.7 Å². The van der Waals surface area contributed by atoms with Gasteiger partial charge in [0.25, 0.3) is 0 Å². The Bertz CT molecular complexity index is 103. The fourth-order valence-electron chi connectivity index (χ4n) is 1.68. The van der Waals surface area contributed by atoms with Gasteiger partial charge in [-0.05, 0) is 25.2 Å². The van der Waals surface area contributed by atoms with Crippen LogP contribution in [0.25, 0.3) is 0 Å². The van der Waals surface area contributed by atoms with Gasteiger partial charge in [0.1, 0.15) is 0 Å². The number of hydrogen-bond acceptors (Lipinski definition) is 0. The summed E-state index contributed by atoms with van der Waals surface area (Å²) in [4.78, 5) is 0. The third-order valence-electron chi connectivity index (χ3n) is 2.18. The zero-order chi connectivity index (χ0) is 6.69. The molecule has 0 aliphatic heterocycles. The smallest absolute Gasteiger partial charge is 0.0294 e. The summed E-state index contributed by atoms with van der Waals surface area (Å²) in [5.74, 6) is 0.988. The molecule has 0 unspecified atom stereocenters. The molecule has 1 aliphatic carbocycles. The molecule has 0 amide bonds. The highest BCUT2D eigenvalue weighted by Crippen LogP contribution is 2.31. The molecule has 0 heterocycles. The predicted molar refractivity (Wildman–Crippen MR) is 41.4 cm³/mol. The van der Waals surface area contributed by atoms with Gasteiger partial charge in [-0.25, -0.2) is 0 Å². The normalized spacial score (nSPS) is 27.2. The second-order valence-electron chi connectivity index (χ2n) is 3.15. The topological polar surface area (TPSA) is 0 Å². The maximum Gasteiger partial charge on any atom is -0.0294 e. The molecule has 0 saturated heterocycles. The second-order valence-corrected chi connectivity index (χ2v) is 3.15. The first-order chi connectivity index (χ1) is 4.33. The van der Waals surface area contributed by atoms with E-state index < -0.39 is 0 Å². The standard InChI is InChI=1S/C9H16/c1-3-4-9-6-5-8(2)7-9/h9H,2-7H2,1H3/t9-/m0/s1. The first-order valence-corrected chi connectivity index (χ1v) is 3.99. The van der Waals surface area contributed by atoms with Crippen molar-refractivity contribution in [2.24, 2.45) is 5.92 Å². The van der Waals surface area contributed by atoms with Gasteiger partial charge >= 0.3 is 0 Å². The van der Waals surface area contributed by atoms with E-state index >= 15 is 0 Å². The molecule has 52 valence electrons. The van der Waals surface area contributed by atoms with Gasteiger partial charge in [0, 0.05) is 0 Å². The molecule has 0 heteroatoms. The molecule has 1 aliphatic rings. The van der Waals surface area contributed by atoms with Crippen LogP contribution < -0.4 is 0 Å². The van der Waals surface area contributed by atoms with Crippen LogP contribution in [-0.2, 0) is 0 Å². The van der Waals surface area contributed by atoms with E-state index in [4.69, 9.17) is 0 Å². The third kappa shape index (κ3) is 1.85. The van der Waals surface area contributed by atoms with Crippen molar-refractivity contribution >= 4 is 0 Å². The minimum Gasteiger partial charge on any atom is -0.0999 e. The van der Waals surface area contributed by atoms with Crippen molar-refractivity contribution in [2.75, 3.05) is 0 Å². The highest BCUT2D eigenvalue weighted by Gasteiger charge is 2.15. The van der Waals surface area contributed by atoms with E-state index in [2.05, 4.69) is 13.5 Å². The Morgan fingerprint density at radius 3 is 2.89 bits per heavy atom. The quantitative estimate of drug-likeness (QED) is 0.496. The Morgan fingerprint density at radius 2 is 2.44 bits per heavy atom. The molecule has 0 nitrogen and oxygen atoms in total. The summed E-state index contributed by atoms with van der Waals surface area (Å²) in [5, 5.41) is 0. The first-order valence-electron chi connectivity index (χ1n) is 3.99. The van der Waals surface area contributed by atoms with E-state index in [9.17, 15) is 0 Å². The lowest BCUT2D eigenvalue weighted by Crippen LogP contribution is -1.90. The molecule has 1 atom stereocenters. The van der Waals surface area contributed by atoms with Crippen LogP contribution in [0, 0.1) is 5.92 Å². The fraction of sp³-hybridized carbons (Fsp3) is 0.778. The Labute approximate surface area is 58.0 Å². The molecule has 0 radical (unpaired) electrons. The SMILES string of the molecule is C=C1CC[C@H](CCC)C1. The van der Waals surface area contributed by atoms with Crippen LogP contribution in [-0.4, -0.2) is 0 Å². The molecule has 0 bridgehead atoms. The lowest BCUT2D eigenvalue weighted by atomic mass is 10.0. The third-order valence-corrected chi connectivity index (χ3v) is 2.18. The van der Waals surface area contributed by atoms with Crippen LogP contribution in [0.15, 0.2) is 12.2 Å². The van der Waals surface area contributed by atoms with Gasteiger partial charge in [-0.2, -0.15) is 0 Å². The zero-order valence-electron chi connectivity index (χ0n) is 6.32. The van der Waals surface area contributed by atoms with E-state index in [1.54, 1.807) is 0 Å². The number of rotatable bonds is 2. The molecule has 1 rings (SSSR count). The molecule has 1 saturated carbocycles. The lowest BCUT2D eigenvalue weighted by Gasteiger charge is -2.03. The summed E-state index contributed by atoms with van der Waals surface area (Å²) in [5.41, 5.74) is 1.48. The number of hydrogen-bond donors (Lipinski definition) is 0. The number of allylic oxidation sites excluding steroid dienone is 1. The Morgan fingerprint density at radius 1 is 1.67 bits per heavy atom. The van der Waals surface area contributed by atoms with E-state index in [0.717, 1.165) is 5.92 Å². The van der Waals surface area contributed by atoms with Crippen molar-refractivity contribution in [1.82, 2.24) is 0 Å². The zero-order valence-corrected chi connectivity index (χ0v) is 6.32. The van der Waals surface area contributed by atoms with Crippen LogP contribution >= 0.6 is 0 Å². The van der Waals surface area contributed by atoms with Gasteiger partial charge < -0.3 is 0 Å². The van der Waals surface area contributed by atoms with Crippen molar-refractivity contribution in [3.8, 4) is 0 Å². The predicted octanol–water partition coefficient (Wildman–Crippen LogP) is 3.14. The Balaban J connectivity index is 2.22. The fourth-order valence-corrected chi connectivity index (χ4v) is 1.68. The monoisotopic (exact) mass is 124 g/mol. The van der Waals surface area contributed by atoms with Crippen molar-refractivity contribution in [3.05, 3.63) is 12.2 Å². The Hall–Kier alpha value is -0.260. The molecular weight excluding hydrogens is 108 g/mol. The highest BCUT2D eigenvalue weighted by atomic mass is 14.2. The van der Waals surface area contributed by atoms with Crippen LogP contribution in [0.5, 0.6) is 0 Å². The van der Waals surface area contributed by atoms with Crippen molar-refractivity contribution in [3.63, 3.8) is 0 Å². The molecule has 0 aromatic carbocycles. The van der Waals surface area contributed by atoms with Gasteiger partial charge in [-0.1, -0.05) is 31.9 Å². The van der Waals surface area contributed by atoms with Crippen LogP contribution in [0.2, 0.25) is 0 Å². The van der Waals surface area contributed by atoms with Crippen molar-refractivity contribution in [1.29, 1.82) is 0 Å². The summed E-state index contributed by atoms with van der Waals surface area (Å²) in [6.07, 6.45) is 6.78. The van der Waals surface area contributed by atoms with Crippen LogP contribution in [0.4, 0.5) is 0 Å². The maximum absolute atomic E-state index is 3.99. The van der Waals surface area contributed by atoms with E-state index in [-0.39, 0.29) is 0 Å². The molecule has 1 fully saturated rings. The molecule has 0 aromatic heterocycles. The first kappa shape index (κ1) is 6.85. The van der Waals surface area contributed by atoms with Gasteiger partial charge in [-0.3, -0.25) is 0 Å². The van der Waals surface area contributed by atoms with E-state index in [1.807, 2.05) is 0 Å². The second kappa shape index (κ2) is 3.05. The summed E-state index contributed by atoms with van der Waals surface area (Å²) in [7, 11) is 0. The largest absolute Gasteiger partial charge is 0.0999 e. The highest BCUT2D eigenvalue weighted by molar-refractivity contribution is 5.01. The molecule has 0 N–H and O–H groups in total. The van der Waals surface area contributed by atoms with Crippen molar-refractivity contribution < 1.29 is 0 Å². The summed E-state index contributed by atoms with van der Waals surface area (Å²) in [6.45, 7) is 6.25. The molecule has 0 spiro atoms.